The van der Waals surface area contributed by atoms with Gasteiger partial charge in [0, 0.05) is 17.3 Å². The van der Waals surface area contributed by atoms with E-state index in [0.29, 0.717) is 29.4 Å². The van der Waals surface area contributed by atoms with Crippen LogP contribution >= 0.6 is 0 Å². The molecule has 2 N–H and O–H groups in total. The maximum atomic E-state index is 13.0. The Morgan fingerprint density at radius 2 is 1.90 bits per heavy atom. The van der Waals surface area contributed by atoms with Crippen molar-refractivity contribution >= 4 is 27.5 Å². The van der Waals surface area contributed by atoms with Gasteiger partial charge in [0.15, 0.2) is 11.5 Å². The van der Waals surface area contributed by atoms with Crippen molar-refractivity contribution in [1.29, 1.82) is 0 Å². The number of rotatable bonds is 7. The lowest BCUT2D eigenvalue weighted by Crippen LogP contribution is -2.34. The van der Waals surface area contributed by atoms with Crippen LogP contribution < -0.4 is 19.5 Å². The second kappa shape index (κ2) is 8.74. The van der Waals surface area contributed by atoms with Gasteiger partial charge in [0.05, 0.1) is 18.6 Å². The summed E-state index contributed by atoms with van der Waals surface area (Å²) in [5, 5.41) is 2.83. The highest BCUT2D eigenvalue weighted by molar-refractivity contribution is 7.90. The number of carbonyl (C=O) groups is 1. The molecule has 2 aromatic rings. The quantitative estimate of drug-likeness (QED) is 0.701. The minimum absolute atomic E-state index is 0.155. The first-order valence-corrected chi connectivity index (χ1v) is 11.1. The molecular formula is C21H25N3O5S. The first-order chi connectivity index (χ1) is 14.3. The van der Waals surface area contributed by atoms with Gasteiger partial charge in [-0.05, 0) is 37.1 Å². The lowest BCUT2D eigenvalue weighted by molar-refractivity contribution is -0.118. The van der Waals surface area contributed by atoms with Crippen LogP contribution in [0.3, 0.4) is 0 Å². The number of fused-ring (bicyclic) bond motifs is 1. The molecule has 1 aliphatic heterocycles. The molecule has 1 unspecified atom stereocenters. The predicted octanol–water partition coefficient (Wildman–Crippen LogP) is 2.80. The topological polar surface area (TPSA) is 106 Å². The summed E-state index contributed by atoms with van der Waals surface area (Å²) in [5.74, 6) is 0.727. The third kappa shape index (κ3) is 4.40. The number of aliphatic imine (C=N–C) groups is 1. The second-order valence-corrected chi connectivity index (χ2v) is 8.71. The molecule has 0 saturated heterocycles. The third-order valence-electron chi connectivity index (χ3n) is 4.56. The monoisotopic (exact) mass is 431 g/mol. The molecule has 0 saturated carbocycles. The van der Waals surface area contributed by atoms with Crippen LogP contribution in [0.4, 0.5) is 5.69 Å². The summed E-state index contributed by atoms with van der Waals surface area (Å²) < 4.78 is 37.9. The molecule has 3 rings (SSSR count). The van der Waals surface area contributed by atoms with Crippen molar-refractivity contribution in [3.8, 4) is 11.5 Å². The average Bonchev–Trinajstić information content (AvgIpc) is 2.97. The van der Waals surface area contributed by atoms with Gasteiger partial charge in [-0.1, -0.05) is 26.0 Å². The van der Waals surface area contributed by atoms with Crippen LogP contribution in [0.15, 0.2) is 52.4 Å². The minimum atomic E-state index is -3.67. The van der Waals surface area contributed by atoms with Crippen LogP contribution in [0, 0.1) is 5.92 Å². The number of hydrogen-bond acceptors (Lipinski definition) is 6. The molecule has 9 heteroatoms. The second-order valence-electron chi connectivity index (χ2n) is 7.06. The van der Waals surface area contributed by atoms with E-state index in [1.807, 2.05) is 20.8 Å². The molecule has 0 radical (unpaired) electrons. The molecule has 0 spiro atoms. The highest BCUT2D eigenvalue weighted by atomic mass is 32.2. The van der Waals surface area contributed by atoms with Gasteiger partial charge < -0.3 is 14.8 Å². The van der Waals surface area contributed by atoms with Crippen LogP contribution in [0.5, 0.6) is 11.5 Å². The summed E-state index contributed by atoms with van der Waals surface area (Å²) in [6.07, 6.45) is 0. The van der Waals surface area contributed by atoms with Crippen molar-refractivity contribution in [3.63, 3.8) is 0 Å². The maximum absolute atomic E-state index is 13.0. The van der Waals surface area contributed by atoms with Crippen LogP contribution in [-0.2, 0) is 14.8 Å². The molecule has 1 amide bonds. The number of nitrogens with one attached hydrogen (secondary N) is 2. The van der Waals surface area contributed by atoms with Gasteiger partial charge in [0.1, 0.15) is 11.9 Å². The number of amidine groups is 1. The Hall–Kier alpha value is -3.07. The van der Waals surface area contributed by atoms with Crippen molar-refractivity contribution in [2.75, 3.05) is 19.0 Å². The molecule has 0 aliphatic carbocycles. The Kier molecular flexibility index (Phi) is 6.31. The van der Waals surface area contributed by atoms with Gasteiger partial charge in [-0.15, -0.1) is 0 Å². The summed E-state index contributed by atoms with van der Waals surface area (Å²) in [6, 6.07) is 10.8. The van der Waals surface area contributed by atoms with Gasteiger partial charge in [0.2, 0.25) is 5.91 Å². The molecule has 8 nitrogen and oxygen atoms in total. The van der Waals surface area contributed by atoms with E-state index < -0.39 is 16.1 Å². The number of nitrogens with zero attached hydrogens (tertiary/aromatic N) is 1. The molecule has 2 aromatic carbocycles. The van der Waals surface area contributed by atoms with Crippen LogP contribution in [0.2, 0.25) is 0 Å². The van der Waals surface area contributed by atoms with E-state index in [2.05, 4.69) is 15.0 Å². The molecule has 30 heavy (non-hydrogen) atoms. The van der Waals surface area contributed by atoms with Gasteiger partial charge in [-0.3, -0.25) is 14.5 Å². The zero-order valence-corrected chi connectivity index (χ0v) is 18.1. The number of carbonyl (C=O) groups excluding carboxylic acids is 1. The Balaban J connectivity index is 1.88. The molecule has 160 valence electrons. The van der Waals surface area contributed by atoms with Crippen molar-refractivity contribution in [2.45, 2.75) is 31.7 Å². The number of amides is 1. The number of hydrogen-bond donors (Lipinski definition) is 2. The van der Waals surface area contributed by atoms with Gasteiger partial charge in [-0.2, -0.15) is 0 Å². The number of benzene rings is 2. The standard InChI is InChI=1S/C21H25N3O5S/c1-5-29-16-11-10-14(12-17(16)28-4)22-21(25)19(13(2)3)23-20-15-8-6-7-9-18(15)30(26,27)24-20/h6-13,19H,5H2,1-4H3,(H,22,25)(H,23,24). The molecule has 0 fully saturated rings. The third-order valence-corrected chi connectivity index (χ3v) is 5.96. The first kappa shape index (κ1) is 21.6. The van der Waals surface area contributed by atoms with Gasteiger partial charge in [0.25, 0.3) is 10.0 Å². The molecular weight excluding hydrogens is 406 g/mol. The van der Waals surface area contributed by atoms with E-state index >= 15 is 0 Å². The Labute approximate surface area is 176 Å². The number of anilines is 1. The number of sulfonamides is 1. The van der Waals surface area contributed by atoms with Crippen LogP contribution in [0.25, 0.3) is 0 Å². The Morgan fingerprint density at radius 1 is 1.17 bits per heavy atom. The summed E-state index contributed by atoms with van der Waals surface area (Å²) in [5.41, 5.74) is 0.984. The number of ether oxygens (including phenoxy) is 2. The minimum Gasteiger partial charge on any atom is -0.493 e. The lowest BCUT2D eigenvalue weighted by Gasteiger charge is -2.18. The SMILES string of the molecule is CCOc1ccc(NC(=O)C(N=C2NS(=O)(=O)c3ccccc32)C(C)C)cc1OC. The van der Waals surface area contributed by atoms with Crippen LogP contribution in [-0.4, -0.2) is 39.9 Å². The summed E-state index contributed by atoms with van der Waals surface area (Å²) in [7, 11) is -2.15. The molecule has 1 aliphatic rings. The Bertz CT molecular complexity index is 1080. The fourth-order valence-corrected chi connectivity index (χ4v) is 4.35. The van der Waals surface area contributed by atoms with E-state index in [0.717, 1.165) is 0 Å². The fraction of sp³-hybridized carbons (Fsp3) is 0.333. The van der Waals surface area contributed by atoms with Crippen molar-refractivity contribution in [1.82, 2.24) is 4.72 Å². The zero-order valence-electron chi connectivity index (χ0n) is 17.3. The van der Waals surface area contributed by atoms with E-state index in [4.69, 9.17) is 9.47 Å². The van der Waals surface area contributed by atoms with E-state index in [9.17, 15) is 13.2 Å². The van der Waals surface area contributed by atoms with Crippen molar-refractivity contribution in [2.24, 2.45) is 10.9 Å². The maximum Gasteiger partial charge on any atom is 0.263 e. The van der Waals surface area contributed by atoms with Gasteiger partial charge >= 0.3 is 0 Å². The summed E-state index contributed by atoms with van der Waals surface area (Å²) in [6.45, 7) is 6.06. The van der Waals surface area contributed by atoms with E-state index in [1.165, 1.54) is 13.2 Å². The lowest BCUT2D eigenvalue weighted by atomic mass is 10.0. The van der Waals surface area contributed by atoms with Crippen molar-refractivity contribution < 1.29 is 22.7 Å². The first-order valence-electron chi connectivity index (χ1n) is 9.58. The highest BCUT2D eigenvalue weighted by Crippen LogP contribution is 2.30. The molecule has 1 atom stereocenters. The highest BCUT2D eigenvalue weighted by Gasteiger charge is 2.32. The zero-order chi connectivity index (χ0) is 21.9. The Morgan fingerprint density at radius 3 is 2.57 bits per heavy atom. The molecule has 1 heterocycles. The smallest absolute Gasteiger partial charge is 0.263 e. The van der Waals surface area contributed by atoms with E-state index in [1.54, 1.807) is 36.4 Å². The molecule has 0 aromatic heterocycles. The molecule has 0 bridgehead atoms. The normalized spacial score (nSPS) is 16.6. The number of methoxy groups -OCH3 is 1. The average molecular weight is 432 g/mol. The van der Waals surface area contributed by atoms with E-state index in [-0.39, 0.29) is 22.6 Å². The predicted molar refractivity (Wildman–Crippen MR) is 115 cm³/mol. The fourth-order valence-electron chi connectivity index (χ4n) is 3.12. The largest absolute Gasteiger partial charge is 0.493 e. The van der Waals surface area contributed by atoms with Crippen molar-refractivity contribution in [3.05, 3.63) is 48.0 Å². The van der Waals surface area contributed by atoms with Gasteiger partial charge in [-0.25, -0.2) is 8.42 Å². The summed E-state index contributed by atoms with van der Waals surface area (Å²) >= 11 is 0. The van der Waals surface area contributed by atoms with Crippen LogP contribution in [0.1, 0.15) is 26.3 Å². The summed E-state index contributed by atoms with van der Waals surface area (Å²) in [4.78, 5) is 17.6.